The molecule has 2 aliphatic rings. The minimum Gasteiger partial charge on any atom is -0.425 e. The van der Waals surface area contributed by atoms with Crippen LogP contribution < -0.4 is 5.32 Å². The van der Waals surface area contributed by atoms with Gasteiger partial charge in [-0.05, 0) is 36.5 Å². The molecule has 5 atom stereocenters. The van der Waals surface area contributed by atoms with Gasteiger partial charge in [-0.2, -0.15) is 0 Å². The Kier molecular flexibility index (Phi) is 8.24. The predicted molar refractivity (Wildman–Crippen MR) is 137 cm³/mol. The second kappa shape index (κ2) is 11.4. The molecule has 0 saturated carbocycles. The van der Waals surface area contributed by atoms with E-state index < -0.39 is 24.6 Å². The van der Waals surface area contributed by atoms with E-state index in [1.807, 2.05) is 58.0 Å². The molecule has 2 fully saturated rings. The van der Waals surface area contributed by atoms with Crippen LogP contribution in [0.4, 0.5) is 4.79 Å². The third kappa shape index (κ3) is 6.53. The van der Waals surface area contributed by atoms with Crippen molar-refractivity contribution >= 4 is 17.8 Å². The number of ketones is 1. The van der Waals surface area contributed by atoms with Crippen LogP contribution in [0, 0.1) is 5.41 Å². The van der Waals surface area contributed by atoms with Gasteiger partial charge in [0.2, 0.25) is 12.0 Å². The first-order valence-corrected chi connectivity index (χ1v) is 12.9. The van der Waals surface area contributed by atoms with E-state index in [1.165, 1.54) is 6.20 Å². The highest BCUT2D eigenvalue weighted by atomic mass is 16.8. The Morgan fingerprint density at radius 1 is 1.19 bits per heavy atom. The lowest BCUT2D eigenvalue weighted by atomic mass is 9.93. The standard InChI is InChI=1S/C28H36N4O5/c1-5-6-14-22(24(33)26-32(37-26)19(2)20-11-8-7-9-12-20)30-27(35)36-23-16-28(3,4)18-31(23)25(34)21-13-10-15-29-17-21/h7-13,15,17,19,22-23,26H,5-6,14,16,18H2,1-4H3,(H,30,35)/t19-,22+,23?,26?,32?/m1/s1. The maximum atomic E-state index is 13.3. The van der Waals surface area contributed by atoms with Crippen molar-refractivity contribution < 1.29 is 24.0 Å². The normalized spacial score (nSPS) is 23.7. The first-order chi connectivity index (χ1) is 17.7. The molecule has 0 spiro atoms. The number of hydroxylamine groups is 2. The van der Waals surface area contributed by atoms with Crippen LogP contribution in [0.2, 0.25) is 0 Å². The van der Waals surface area contributed by atoms with Gasteiger partial charge >= 0.3 is 6.09 Å². The zero-order valence-corrected chi connectivity index (χ0v) is 21.9. The van der Waals surface area contributed by atoms with Crippen LogP contribution in [0.1, 0.15) is 75.3 Å². The van der Waals surface area contributed by atoms with E-state index >= 15 is 0 Å². The Balaban J connectivity index is 1.40. The first kappa shape index (κ1) is 26.8. The number of likely N-dealkylation sites (tertiary alicyclic amines) is 1. The monoisotopic (exact) mass is 508 g/mol. The SMILES string of the molecule is CCCC[C@H](NC(=O)OC1CC(C)(C)CN1C(=O)c1cccnc1)C(=O)C1ON1[C@H](C)c1ccccc1. The Bertz CT molecular complexity index is 1090. The number of carbonyl (C=O) groups is 3. The fraction of sp³-hybridized carbons (Fsp3) is 0.500. The van der Waals surface area contributed by atoms with E-state index in [4.69, 9.17) is 9.57 Å². The topological polar surface area (TPSA) is 104 Å². The number of nitrogens with one attached hydrogen (secondary N) is 1. The molecule has 2 aromatic rings. The molecule has 0 aliphatic carbocycles. The van der Waals surface area contributed by atoms with Crippen molar-refractivity contribution in [2.24, 2.45) is 5.41 Å². The average molecular weight is 509 g/mol. The van der Waals surface area contributed by atoms with Gasteiger partial charge in [0.15, 0.2) is 6.23 Å². The van der Waals surface area contributed by atoms with Gasteiger partial charge < -0.3 is 15.0 Å². The van der Waals surface area contributed by atoms with Gasteiger partial charge in [0, 0.05) is 25.4 Å². The zero-order chi connectivity index (χ0) is 26.6. The summed E-state index contributed by atoms with van der Waals surface area (Å²) in [7, 11) is 0. The summed E-state index contributed by atoms with van der Waals surface area (Å²) in [6.45, 7) is 8.50. The maximum Gasteiger partial charge on any atom is 0.409 e. The number of nitrogens with zero attached hydrogens (tertiary/aromatic N) is 3. The van der Waals surface area contributed by atoms with Crippen molar-refractivity contribution in [1.29, 1.82) is 0 Å². The van der Waals surface area contributed by atoms with Gasteiger partial charge in [0.1, 0.15) is 0 Å². The molecule has 9 heteroatoms. The Hall–Kier alpha value is -3.30. The molecule has 0 bridgehead atoms. The van der Waals surface area contributed by atoms with Gasteiger partial charge in [-0.3, -0.25) is 19.4 Å². The number of benzene rings is 1. The third-order valence-electron chi connectivity index (χ3n) is 6.88. The summed E-state index contributed by atoms with van der Waals surface area (Å²) in [4.78, 5) is 50.6. The molecule has 3 heterocycles. The number of carbonyl (C=O) groups excluding carboxylic acids is 3. The number of aromatic nitrogens is 1. The second-order valence-electron chi connectivity index (χ2n) is 10.5. The van der Waals surface area contributed by atoms with Gasteiger partial charge in [-0.15, -0.1) is 5.06 Å². The van der Waals surface area contributed by atoms with E-state index in [0.717, 1.165) is 18.4 Å². The van der Waals surface area contributed by atoms with Crippen LogP contribution in [0.3, 0.4) is 0 Å². The molecule has 2 saturated heterocycles. The van der Waals surface area contributed by atoms with Crippen LogP contribution in [-0.2, 0) is 14.4 Å². The van der Waals surface area contributed by atoms with Crippen molar-refractivity contribution in [3.8, 4) is 0 Å². The summed E-state index contributed by atoms with van der Waals surface area (Å²) in [5.41, 5.74) is 1.25. The fourth-order valence-electron chi connectivity index (χ4n) is 4.78. The Morgan fingerprint density at radius 3 is 2.62 bits per heavy atom. The molecule has 9 nitrogen and oxygen atoms in total. The quantitative estimate of drug-likeness (QED) is 0.472. The lowest BCUT2D eigenvalue weighted by molar-refractivity contribution is -0.122. The van der Waals surface area contributed by atoms with Crippen molar-refractivity contribution in [2.75, 3.05) is 6.54 Å². The van der Waals surface area contributed by atoms with Crippen molar-refractivity contribution in [1.82, 2.24) is 20.3 Å². The molecule has 0 radical (unpaired) electrons. The molecule has 3 unspecified atom stereocenters. The molecule has 37 heavy (non-hydrogen) atoms. The van der Waals surface area contributed by atoms with Crippen LogP contribution >= 0.6 is 0 Å². The smallest absolute Gasteiger partial charge is 0.409 e. The van der Waals surface area contributed by atoms with E-state index in [9.17, 15) is 14.4 Å². The van der Waals surface area contributed by atoms with Crippen LogP contribution in [0.25, 0.3) is 0 Å². The van der Waals surface area contributed by atoms with E-state index in [1.54, 1.807) is 28.3 Å². The van der Waals surface area contributed by atoms with Gasteiger partial charge in [-0.1, -0.05) is 63.9 Å². The number of unbranched alkanes of at least 4 members (excludes halogenated alkanes) is 1. The highest BCUT2D eigenvalue weighted by Crippen LogP contribution is 2.36. The Labute approximate surface area is 218 Å². The summed E-state index contributed by atoms with van der Waals surface area (Å²) in [5, 5.41) is 4.41. The number of pyridine rings is 1. The molecule has 2 amide bonds. The number of amides is 2. The van der Waals surface area contributed by atoms with E-state index in [0.29, 0.717) is 24.9 Å². The van der Waals surface area contributed by atoms with Gasteiger partial charge in [0.25, 0.3) is 5.91 Å². The van der Waals surface area contributed by atoms with Crippen LogP contribution in [0.5, 0.6) is 0 Å². The molecular weight excluding hydrogens is 472 g/mol. The minimum absolute atomic E-state index is 0.0957. The number of ether oxygens (including phenoxy) is 1. The highest BCUT2D eigenvalue weighted by molar-refractivity contribution is 5.94. The van der Waals surface area contributed by atoms with Crippen LogP contribution in [0.15, 0.2) is 54.9 Å². The molecule has 198 valence electrons. The van der Waals surface area contributed by atoms with E-state index in [-0.39, 0.29) is 23.1 Å². The summed E-state index contributed by atoms with van der Waals surface area (Å²) in [5.74, 6) is -0.449. The van der Waals surface area contributed by atoms with Crippen LogP contribution in [-0.4, -0.2) is 57.8 Å². The number of hydrogen-bond acceptors (Lipinski definition) is 7. The predicted octanol–water partition coefficient (Wildman–Crippen LogP) is 4.47. The number of alkyl carbamates (subject to hydrolysis) is 1. The van der Waals surface area contributed by atoms with Gasteiger partial charge in [0.05, 0.1) is 17.6 Å². The maximum absolute atomic E-state index is 13.3. The molecule has 2 aliphatic heterocycles. The molecule has 4 rings (SSSR count). The highest BCUT2D eigenvalue weighted by Gasteiger charge is 2.49. The summed E-state index contributed by atoms with van der Waals surface area (Å²) in [6, 6.07) is 12.3. The van der Waals surface area contributed by atoms with Gasteiger partial charge in [-0.25, -0.2) is 4.79 Å². The molecular formula is C28H36N4O5. The zero-order valence-electron chi connectivity index (χ0n) is 21.9. The lowest BCUT2D eigenvalue weighted by Gasteiger charge is -2.25. The Morgan fingerprint density at radius 2 is 1.95 bits per heavy atom. The minimum atomic E-state index is -0.748. The molecule has 1 aromatic carbocycles. The number of rotatable bonds is 10. The second-order valence-corrected chi connectivity index (χ2v) is 10.5. The molecule has 1 N–H and O–H groups in total. The summed E-state index contributed by atoms with van der Waals surface area (Å²) in [6.07, 6.45) is 3.54. The average Bonchev–Trinajstić information content (AvgIpc) is 3.64. The lowest BCUT2D eigenvalue weighted by Crippen LogP contribution is -2.47. The number of Topliss-reactive ketones (excluding diaryl/α,β-unsaturated/α-hetero) is 1. The number of hydrogen-bond donors (Lipinski definition) is 1. The molecule has 1 aromatic heterocycles. The van der Waals surface area contributed by atoms with Crippen molar-refractivity contribution in [2.45, 2.75) is 77.9 Å². The van der Waals surface area contributed by atoms with E-state index in [2.05, 4.69) is 10.3 Å². The van der Waals surface area contributed by atoms with Crippen molar-refractivity contribution in [3.05, 3.63) is 66.0 Å². The largest absolute Gasteiger partial charge is 0.425 e. The summed E-state index contributed by atoms with van der Waals surface area (Å²) < 4.78 is 5.73. The third-order valence-corrected chi connectivity index (χ3v) is 6.88. The van der Waals surface area contributed by atoms with Crippen molar-refractivity contribution in [3.63, 3.8) is 0 Å². The first-order valence-electron chi connectivity index (χ1n) is 12.9. The summed E-state index contributed by atoms with van der Waals surface area (Å²) >= 11 is 0. The fourth-order valence-corrected chi connectivity index (χ4v) is 4.78.